The van der Waals surface area contributed by atoms with E-state index in [4.69, 9.17) is 17.0 Å². The average molecular weight is 337 g/mol. The van der Waals surface area contributed by atoms with Gasteiger partial charge in [-0.05, 0) is 55.6 Å². The fraction of sp³-hybridized carbons (Fsp3) is 0.647. The minimum absolute atomic E-state index is 0.586. The standard InChI is InChI=1S/C17H28N4OS/c1-13-10-14(2)12-21(11-13)9-5-8-19-17(23)20-16-15(22-3)6-4-7-18-16/h4,6-7,13-14H,5,8-12H2,1-3H3,(H2,18,19,20,23)/t13-,14-/m0/s1. The van der Waals surface area contributed by atoms with Gasteiger partial charge in [-0.15, -0.1) is 0 Å². The second kappa shape index (κ2) is 9.03. The van der Waals surface area contributed by atoms with Gasteiger partial charge in [0.2, 0.25) is 0 Å². The van der Waals surface area contributed by atoms with Crippen molar-refractivity contribution in [3.05, 3.63) is 18.3 Å². The fourth-order valence-electron chi connectivity index (χ4n) is 3.28. The quantitative estimate of drug-likeness (QED) is 0.615. The number of piperidine rings is 1. The predicted octanol–water partition coefficient (Wildman–Crippen LogP) is 2.74. The lowest BCUT2D eigenvalue weighted by Gasteiger charge is -2.34. The van der Waals surface area contributed by atoms with Crippen molar-refractivity contribution in [2.24, 2.45) is 11.8 Å². The molecule has 1 aromatic heterocycles. The number of thiocarbonyl (C=S) groups is 1. The van der Waals surface area contributed by atoms with Crippen LogP contribution in [0, 0.1) is 11.8 Å². The number of pyridine rings is 1. The molecular weight excluding hydrogens is 308 g/mol. The van der Waals surface area contributed by atoms with E-state index in [9.17, 15) is 0 Å². The Morgan fingerprint density at radius 3 is 2.83 bits per heavy atom. The molecule has 1 aliphatic heterocycles. The van der Waals surface area contributed by atoms with E-state index < -0.39 is 0 Å². The summed E-state index contributed by atoms with van der Waals surface area (Å²) >= 11 is 5.32. The van der Waals surface area contributed by atoms with E-state index in [-0.39, 0.29) is 0 Å². The van der Waals surface area contributed by atoms with Crippen molar-refractivity contribution in [1.29, 1.82) is 0 Å². The van der Waals surface area contributed by atoms with Gasteiger partial charge in [-0.25, -0.2) is 4.98 Å². The molecule has 0 radical (unpaired) electrons. The number of rotatable bonds is 6. The number of anilines is 1. The summed E-state index contributed by atoms with van der Waals surface area (Å²) < 4.78 is 5.25. The third-order valence-corrected chi connectivity index (χ3v) is 4.35. The maximum absolute atomic E-state index is 5.32. The van der Waals surface area contributed by atoms with Crippen LogP contribution in [0.5, 0.6) is 5.75 Å². The number of hydrogen-bond acceptors (Lipinski definition) is 4. The van der Waals surface area contributed by atoms with Crippen LogP contribution in [-0.2, 0) is 0 Å². The van der Waals surface area contributed by atoms with Crippen LogP contribution >= 0.6 is 12.2 Å². The summed E-state index contributed by atoms with van der Waals surface area (Å²) in [6.07, 6.45) is 4.15. The van der Waals surface area contributed by atoms with Crippen molar-refractivity contribution in [3.63, 3.8) is 0 Å². The van der Waals surface area contributed by atoms with Gasteiger partial charge in [0.1, 0.15) is 0 Å². The van der Waals surface area contributed by atoms with Crippen LogP contribution in [0.3, 0.4) is 0 Å². The van der Waals surface area contributed by atoms with Gasteiger partial charge in [0, 0.05) is 25.8 Å². The Kier molecular flexibility index (Phi) is 7.05. The van der Waals surface area contributed by atoms with Gasteiger partial charge in [-0.1, -0.05) is 13.8 Å². The SMILES string of the molecule is COc1cccnc1NC(=S)NCCCN1C[C@@H](C)C[C@H](C)C1. The van der Waals surface area contributed by atoms with Crippen molar-refractivity contribution in [2.75, 3.05) is 38.6 Å². The van der Waals surface area contributed by atoms with Gasteiger partial charge >= 0.3 is 0 Å². The molecule has 1 aliphatic rings. The van der Waals surface area contributed by atoms with E-state index in [1.807, 2.05) is 12.1 Å². The highest BCUT2D eigenvalue weighted by Gasteiger charge is 2.20. The summed E-state index contributed by atoms with van der Waals surface area (Å²) in [6.45, 7) is 9.12. The summed E-state index contributed by atoms with van der Waals surface area (Å²) in [4.78, 5) is 6.80. The third kappa shape index (κ3) is 5.95. The summed E-state index contributed by atoms with van der Waals surface area (Å²) in [7, 11) is 1.62. The predicted molar refractivity (Wildman–Crippen MR) is 99.0 cm³/mol. The van der Waals surface area contributed by atoms with Crippen molar-refractivity contribution in [3.8, 4) is 5.75 Å². The zero-order valence-electron chi connectivity index (χ0n) is 14.3. The molecule has 2 heterocycles. The molecule has 2 atom stereocenters. The van der Waals surface area contributed by atoms with Crippen LogP contribution in [-0.4, -0.2) is 48.3 Å². The molecule has 0 saturated carbocycles. The van der Waals surface area contributed by atoms with E-state index in [2.05, 4.69) is 34.4 Å². The molecular formula is C17H28N4OS. The molecule has 0 amide bonds. The second-order valence-corrected chi connectivity index (χ2v) is 6.90. The number of nitrogens with zero attached hydrogens (tertiary/aromatic N) is 2. The summed E-state index contributed by atoms with van der Waals surface area (Å²) in [5.41, 5.74) is 0. The molecule has 0 aromatic carbocycles. The highest BCUT2D eigenvalue weighted by Crippen LogP contribution is 2.21. The topological polar surface area (TPSA) is 49.4 Å². The lowest BCUT2D eigenvalue weighted by molar-refractivity contribution is 0.140. The Bertz CT molecular complexity index is 501. The highest BCUT2D eigenvalue weighted by atomic mass is 32.1. The first-order valence-corrected chi connectivity index (χ1v) is 8.75. The highest BCUT2D eigenvalue weighted by molar-refractivity contribution is 7.80. The minimum Gasteiger partial charge on any atom is -0.493 e. The number of likely N-dealkylation sites (tertiary alicyclic amines) is 1. The largest absolute Gasteiger partial charge is 0.493 e. The van der Waals surface area contributed by atoms with Crippen LogP contribution in [0.2, 0.25) is 0 Å². The van der Waals surface area contributed by atoms with E-state index in [0.29, 0.717) is 16.7 Å². The van der Waals surface area contributed by atoms with Gasteiger partial charge in [0.25, 0.3) is 0 Å². The Morgan fingerprint density at radius 2 is 2.13 bits per heavy atom. The summed E-state index contributed by atoms with van der Waals surface area (Å²) in [6, 6.07) is 3.69. The molecule has 128 valence electrons. The fourth-order valence-corrected chi connectivity index (χ4v) is 3.48. The second-order valence-electron chi connectivity index (χ2n) is 6.49. The molecule has 23 heavy (non-hydrogen) atoms. The van der Waals surface area contributed by atoms with E-state index in [1.165, 1.54) is 19.5 Å². The van der Waals surface area contributed by atoms with E-state index >= 15 is 0 Å². The average Bonchev–Trinajstić information content (AvgIpc) is 2.51. The number of hydrogen-bond donors (Lipinski definition) is 2. The maximum atomic E-state index is 5.32. The normalized spacial score (nSPS) is 21.7. The van der Waals surface area contributed by atoms with Gasteiger partial charge in [-0.2, -0.15) is 0 Å². The lowest BCUT2D eigenvalue weighted by atomic mass is 9.92. The van der Waals surface area contributed by atoms with Gasteiger partial charge in [0.05, 0.1) is 7.11 Å². The van der Waals surface area contributed by atoms with E-state index in [0.717, 1.165) is 31.3 Å². The molecule has 0 spiro atoms. The molecule has 5 nitrogen and oxygen atoms in total. The number of aromatic nitrogens is 1. The molecule has 2 N–H and O–H groups in total. The minimum atomic E-state index is 0.586. The van der Waals surface area contributed by atoms with Gasteiger partial charge in [-0.3, -0.25) is 0 Å². The first kappa shape index (κ1) is 17.9. The molecule has 1 aromatic rings. The Hall–Kier alpha value is -1.40. The monoisotopic (exact) mass is 336 g/mol. The molecule has 1 saturated heterocycles. The van der Waals surface area contributed by atoms with Crippen molar-refractivity contribution in [2.45, 2.75) is 26.7 Å². The molecule has 0 bridgehead atoms. The number of ether oxygens (including phenoxy) is 1. The molecule has 0 aliphatic carbocycles. The van der Waals surface area contributed by atoms with Crippen molar-refractivity contribution >= 4 is 23.1 Å². The Labute approximate surface area is 144 Å². The number of nitrogens with one attached hydrogen (secondary N) is 2. The first-order valence-electron chi connectivity index (χ1n) is 8.34. The smallest absolute Gasteiger partial charge is 0.174 e. The maximum Gasteiger partial charge on any atom is 0.174 e. The Morgan fingerprint density at radius 1 is 1.39 bits per heavy atom. The van der Waals surface area contributed by atoms with Gasteiger partial charge in [0.15, 0.2) is 16.7 Å². The van der Waals surface area contributed by atoms with E-state index in [1.54, 1.807) is 13.3 Å². The molecule has 1 fully saturated rings. The van der Waals surface area contributed by atoms with Crippen LogP contribution in [0.1, 0.15) is 26.7 Å². The van der Waals surface area contributed by atoms with Crippen LogP contribution in [0.4, 0.5) is 5.82 Å². The lowest BCUT2D eigenvalue weighted by Crippen LogP contribution is -2.40. The molecule has 6 heteroatoms. The molecule has 0 unspecified atom stereocenters. The van der Waals surface area contributed by atoms with Crippen molar-refractivity contribution in [1.82, 2.24) is 15.2 Å². The van der Waals surface area contributed by atoms with Crippen molar-refractivity contribution < 1.29 is 4.74 Å². The zero-order valence-corrected chi connectivity index (χ0v) is 15.2. The molecule has 2 rings (SSSR count). The van der Waals surface area contributed by atoms with Crippen LogP contribution in [0.25, 0.3) is 0 Å². The first-order chi connectivity index (χ1) is 11.1. The van der Waals surface area contributed by atoms with Crippen LogP contribution in [0.15, 0.2) is 18.3 Å². The zero-order chi connectivity index (χ0) is 16.7. The van der Waals surface area contributed by atoms with Crippen LogP contribution < -0.4 is 15.4 Å². The summed E-state index contributed by atoms with van der Waals surface area (Å²) in [5.74, 6) is 2.95. The Balaban J connectivity index is 1.67. The summed E-state index contributed by atoms with van der Waals surface area (Å²) in [5, 5.41) is 6.91. The number of methoxy groups -OCH3 is 1. The third-order valence-electron chi connectivity index (χ3n) is 4.10. The van der Waals surface area contributed by atoms with Gasteiger partial charge < -0.3 is 20.3 Å².